The van der Waals surface area contributed by atoms with Crippen molar-refractivity contribution in [3.8, 4) is 11.3 Å². The van der Waals surface area contributed by atoms with Crippen molar-refractivity contribution in [1.82, 2.24) is 18.8 Å². The molecular weight excluding hydrogens is 320 g/mol. The van der Waals surface area contributed by atoms with Crippen molar-refractivity contribution in [3.63, 3.8) is 0 Å². The van der Waals surface area contributed by atoms with E-state index in [1.807, 2.05) is 6.20 Å². The first-order valence-corrected chi connectivity index (χ1v) is 9.11. The Labute approximate surface area is 154 Å². The number of imidazole rings is 2. The Morgan fingerprint density at radius 3 is 2.12 bits per heavy atom. The lowest BCUT2D eigenvalue weighted by atomic mass is 9.91. The third-order valence-electron chi connectivity index (χ3n) is 4.83. The van der Waals surface area contributed by atoms with Gasteiger partial charge in [0.1, 0.15) is 11.3 Å². The molecule has 26 heavy (non-hydrogen) atoms. The molecule has 0 spiro atoms. The quantitative estimate of drug-likeness (QED) is 0.472. The zero-order valence-corrected chi connectivity index (χ0v) is 16.4. The van der Waals surface area contributed by atoms with Crippen LogP contribution in [0.2, 0.25) is 0 Å². The standard InChI is InChI=1S/C22H26N4/c1-21(2,3)17-8-7-9-20-24-16(14-26(17)20)15-10-11-19-23-12-18(22(4,5)6)25(19)13-15/h7-14H,1-6H3. The highest BCUT2D eigenvalue weighted by Crippen LogP contribution is 2.28. The lowest BCUT2D eigenvalue weighted by Gasteiger charge is -2.20. The first-order chi connectivity index (χ1) is 12.1. The third-order valence-corrected chi connectivity index (χ3v) is 4.83. The van der Waals surface area contributed by atoms with Crippen molar-refractivity contribution >= 4 is 11.3 Å². The molecule has 0 amide bonds. The Morgan fingerprint density at radius 1 is 0.731 bits per heavy atom. The minimum Gasteiger partial charge on any atom is -0.303 e. The van der Waals surface area contributed by atoms with E-state index in [4.69, 9.17) is 4.98 Å². The summed E-state index contributed by atoms with van der Waals surface area (Å²) in [5, 5.41) is 0. The monoisotopic (exact) mass is 346 g/mol. The minimum absolute atomic E-state index is 0.0381. The second-order valence-electron chi connectivity index (χ2n) is 9.05. The van der Waals surface area contributed by atoms with Crippen LogP contribution in [0.4, 0.5) is 0 Å². The van der Waals surface area contributed by atoms with Crippen LogP contribution in [0, 0.1) is 0 Å². The summed E-state index contributed by atoms with van der Waals surface area (Å²) in [7, 11) is 0. The first kappa shape index (κ1) is 16.8. The number of fused-ring (bicyclic) bond motifs is 2. The van der Waals surface area contributed by atoms with Crippen LogP contribution in [0.3, 0.4) is 0 Å². The Kier molecular flexibility index (Phi) is 3.52. The van der Waals surface area contributed by atoms with Crippen molar-refractivity contribution in [2.45, 2.75) is 52.4 Å². The number of aromatic nitrogens is 4. The molecule has 0 unspecified atom stereocenters. The van der Waals surface area contributed by atoms with E-state index in [0.717, 1.165) is 22.6 Å². The van der Waals surface area contributed by atoms with E-state index in [9.17, 15) is 0 Å². The summed E-state index contributed by atoms with van der Waals surface area (Å²) in [6.07, 6.45) is 6.27. The summed E-state index contributed by atoms with van der Waals surface area (Å²) >= 11 is 0. The molecule has 4 rings (SSSR count). The van der Waals surface area contributed by atoms with E-state index in [-0.39, 0.29) is 10.8 Å². The van der Waals surface area contributed by atoms with Gasteiger partial charge in [0.15, 0.2) is 0 Å². The van der Waals surface area contributed by atoms with Gasteiger partial charge in [0.25, 0.3) is 0 Å². The normalized spacial score (nSPS) is 13.0. The summed E-state index contributed by atoms with van der Waals surface area (Å²) in [5.41, 5.74) is 6.59. The van der Waals surface area contributed by atoms with Gasteiger partial charge in [-0.3, -0.25) is 0 Å². The van der Waals surface area contributed by atoms with Gasteiger partial charge in [0.2, 0.25) is 0 Å². The van der Waals surface area contributed by atoms with Gasteiger partial charge < -0.3 is 8.80 Å². The molecule has 0 aliphatic rings. The fourth-order valence-electron chi connectivity index (χ4n) is 3.45. The maximum Gasteiger partial charge on any atom is 0.137 e. The molecule has 4 nitrogen and oxygen atoms in total. The number of rotatable bonds is 1. The number of hydrogen-bond acceptors (Lipinski definition) is 2. The maximum atomic E-state index is 4.87. The first-order valence-electron chi connectivity index (χ1n) is 9.11. The van der Waals surface area contributed by atoms with Crippen LogP contribution in [-0.4, -0.2) is 18.8 Å². The van der Waals surface area contributed by atoms with Crippen LogP contribution in [-0.2, 0) is 10.8 Å². The van der Waals surface area contributed by atoms with Gasteiger partial charge in [-0.2, -0.15) is 0 Å². The Bertz CT molecular complexity index is 1100. The number of nitrogens with zero attached hydrogens (tertiary/aromatic N) is 4. The molecular formula is C22H26N4. The predicted octanol–water partition coefficient (Wildman–Crippen LogP) is 5.24. The van der Waals surface area contributed by atoms with Crippen molar-refractivity contribution in [1.29, 1.82) is 0 Å². The fraction of sp³-hybridized carbons (Fsp3) is 0.364. The molecule has 4 aromatic heterocycles. The molecule has 0 aliphatic heterocycles. The SMILES string of the molecule is CC(C)(C)c1cnc2ccc(-c3cn4c(C(C)(C)C)cccc4n3)cn12. The molecule has 0 radical (unpaired) electrons. The zero-order chi connectivity index (χ0) is 18.7. The highest BCUT2D eigenvalue weighted by atomic mass is 15.0. The van der Waals surface area contributed by atoms with Crippen LogP contribution in [0.1, 0.15) is 52.9 Å². The summed E-state index contributed by atoms with van der Waals surface area (Å²) < 4.78 is 4.39. The molecule has 4 aromatic rings. The maximum absolute atomic E-state index is 4.87. The lowest BCUT2D eigenvalue weighted by Crippen LogP contribution is -2.15. The molecule has 134 valence electrons. The van der Waals surface area contributed by atoms with E-state index in [1.165, 1.54) is 11.4 Å². The third kappa shape index (κ3) is 2.70. The van der Waals surface area contributed by atoms with Crippen molar-refractivity contribution < 1.29 is 0 Å². The summed E-state index contributed by atoms with van der Waals surface area (Å²) in [6, 6.07) is 10.5. The molecule has 0 N–H and O–H groups in total. The van der Waals surface area contributed by atoms with Crippen molar-refractivity contribution in [3.05, 3.63) is 60.3 Å². The van der Waals surface area contributed by atoms with Gasteiger partial charge in [0, 0.05) is 46.4 Å². The second kappa shape index (κ2) is 5.44. The van der Waals surface area contributed by atoms with Gasteiger partial charge in [-0.15, -0.1) is 0 Å². The highest BCUT2D eigenvalue weighted by molar-refractivity contribution is 5.64. The molecule has 0 saturated heterocycles. The van der Waals surface area contributed by atoms with Crippen LogP contribution >= 0.6 is 0 Å². The van der Waals surface area contributed by atoms with Gasteiger partial charge in [-0.05, 0) is 24.3 Å². The average molecular weight is 346 g/mol. The largest absolute Gasteiger partial charge is 0.303 e. The van der Waals surface area contributed by atoms with E-state index >= 15 is 0 Å². The van der Waals surface area contributed by atoms with E-state index in [1.54, 1.807) is 0 Å². The molecule has 0 aliphatic carbocycles. The Hall–Kier alpha value is -2.62. The summed E-state index contributed by atoms with van der Waals surface area (Å²) in [5.74, 6) is 0. The Morgan fingerprint density at radius 2 is 1.42 bits per heavy atom. The molecule has 4 heteroatoms. The zero-order valence-electron chi connectivity index (χ0n) is 16.4. The van der Waals surface area contributed by atoms with Gasteiger partial charge in [0.05, 0.1) is 5.69 Å². The average Bonchev–Trinajstić information content (AvgIpc) is 3.16. The molecule has 4 heterocycles. The van der Waals surface area contributed by atoms with Crippen LogP contribution in [0.5, 0.6) is 0 Å². The number of hydrogen-bond donors (Lipinski definition) is 0. The van der Waals surface area contributed by atoms with E-state index < -0.39 is 0 Å². The topological polar surface area (TPSA) is 34.6 Å². The molecule has 0 atom stereocenters. The molecule has 0 fully saturated rings. The second-order valence-corrected chi connectivity index (χ2v) is 9.05. The highest BCUT2D eigenvalue weighted by Gasteiger charge is 2.20. The fourth-order valence-corrected chi connectivity index (χ4v) is 3.45. The molecule has 0 aromatic carbocycles. The summed E-state index contributed by atoms with van der Waals surface area (Å²) in [4.78, 5) is 9.42. The van der Waals surface area contributed by atoms with Gasteiger partial charge in [-0.25, -0.2) is 9.97 Å². The predicted molar refractivity (Wildman–Crippen MR) is 107 cm³/mol. The smallest absolute Gasteiger partial charge is 0.137 e. The minimum atomic E-state index is 0.0381. The molecule has 0 saturated carbocycles. The molecule has 0 bridgehead atoms. The van der Waals surface area contributed by atoms with Crippen molar-refractivity contribution in [2.75, 3.05) is 0 Å². The van der Waals surface area contributed by atoms with Gasteiger partial charge >= 0.3 is 0 Å². The Balaban J connectivity index is 1.90. The summed E-state index contributed by atoms with van der Waals surface area (Å²) in [6.45, 7) is 13.3. The van der Waals surface area contributed by atoms with Crippen LogP contribution in [0.25, 0.3) is 22.6 Å². The van der Waals surface area contributed by atoms with Crippen LogP contribution in [0.15, 0.2) is 48.9 Å². The van der Waals surface area contributed by atoms with E-state index in [0.29, 0.717) is 0 Å². The van der Waals surface area contributed by atoms with Crippen LogP contribution < -0.4 is 0 Å². The van der Waals surface area contributed by atoms with E-state index in [2.05, 4.69) is 98.1 Å². The lowest BCUT2D eigenvalue weighted by molar-refractivity contribution is 0.561. The van der Waals surface area contributed by atoms with Gasteiger partial charge in [-0.1, -0.05) is 47.6 Å². The number of pyridine rings is 2. The van der Waals surface area contributed by atoms with Crippen molar-refractivity contribution in [2.24, 2.45) is 0 Å².